The van der Waals surface area contributed by atoms with Crippen LogP contribution in [0.2, 0.25) is 5.02 Å². The molecule has 2 aromatic rings. The van der Waals surface area contributed by atoms with E-state index in [0.29, 0.717) is 54.0 Å². The van der Waals surface area contributed by atoms with Crippen molar-refractivity contribution in [3.8, 4) is 17.2 Å². The Balaban J connectivity index is 1.61. The lowest BCUT2D eigenvalue weighted by molar-refractivity contribution is -0.139. The normalized spacial score (nSPS) is 14.8. The van der Waals surface area contributed by atoms with Crippen LogP contribution in [-0.2, 0) is 4.79 Å². The number of amides is 2. The summed E-state index contributed by atoms with van der Waals surface area (Å²) in [5.41, 5.74) is 0.390. The van der Waals surface area contributed by atoms with Crippen molar-refractivity contribution in [3.05, 3.63) is 53.1 Å². The Hall–Kier alpha value is -2.93. The highest BCUT2D eigenvalue weighted by Gasteiger charge is 2.30. The van der Waals surface area contributed by atoms with Crippen molar-refractivity contribution < 1.29 is 23.8 Å². The van der Waals surface area contributed by atoms with E-state index < -0.39 is 6.10 Å². The van der Waals surface area contributed by atoms with Crippen LogP contribution >= 0.6 is 11.6 Å². The van der Waals surface area contributed by atoms with Crippen LogP contribution in [0, 0.1) is 0 Å². The van der Waals surface area contributed by atoms with E-state index in [1.54, 1.807) is 59.2 Å². The van der Waals surface area contributed by atoms with Crippen molar-refractivity contribution in [1.82, 2.24) is 9.80 Å². The van der Waals surface area contributed by atoms with Crippen molar-refractivity contribution in [2.24, 2.45) is 0 Å². The SMILES string of the molecule is COc1cccc(OC)c1C(=O)N1CCN(C(=O)C(C)Oc2ccc(Cl)cc2)CC1. The van der Waals surface area contributed by atoms with Gasteiger partial charge in [0.1, 0.15) is 22.8 Å². The number of piperazine rings is 1. The first kappa shape index (κ1) is 21.8. The summed E-state index contributed by atoms with van der Waals surface area (Å²) in [5, 5.41) is 0.605. The first-order valence-corrected chi connectivity index (χ1v) is 10.0. The zero-order valence-electron chi connectivity index (χ0n) is 17.3. The van der Waals surface area contributed by atoms with Crippen LogP contribution in [0.3, 0.4) is 0 Å². The minimum atomic E-state index is -0.636. The molecule has 160 valence electrons. The Labute approximate surface area is 181 Å². The van der Waals surface area contributed by atoms with E-state index >= 15 is 0 Å². The number of hydrogen-bond donors (Lipinski definition) is 0. The van der Waals surface area contributed by atoms with Gasteiger partial charge in [0.2, 0.25) is 0 Å². The van der Waals surface area contributed by atoms with E-state index in [1.807, 2.05) is 0 Å². The summed E-state index contributed by atoms with van der Waals surface area (Å²) in [5.74, 6) is 1.21. The van der Waals surface area contributed by atoms with Gasteiger partial charge in [-0.05, 0) is 43.3 Å². The maximum Gasteiger partial charge on any atom is 0.263 e. The molecule has 3 rings (SSSR count). The van der Waals surface area contributed by atoms with Crippen LogP contribution in [0.25, 0.3) is 0 Å². The zero-order chi connectivity index (χ0) is 21.7. The van der Waals surface area contributed by atoms with Gasteiger partial charge in [0, 0.05) is 31.2 Å². The fourth-order valence-corrected chi connectivity index (χ4v) is 3.50. The molecule has 1 aliphatic heterocycles. The lowest BCUT2D eigenvalue weighted by atomic mass is 10.1. The van der Waals surface area contributed by atoms with Gasteiger partial charge in [-0.25, -0.2) is 0 Å². The van der Waals surface area contributed by atoms with Gasteiger partial charge in [-0.3, -0.25) is 9.59 Å². The van der Waals surface area contributed by atoms with Crippen molar-refractivity contribution >= 4 is 23.4 Å². The second-order valence-electron chi connectivity index (χ2n) is 6.87. The molecule has 0 N–H and O–H groups in total. The smallest absolute Gasteiger partial charge is 0.263 e. The molecule has 30 heavy (non-hydrogen) atoms. The molecule has 1 fully saturated rings. The molecule has 0 radical (unpaired) electrons. The van der Waals surface area contributed by atoms with Crippen molar-refractivity contribution in [2.45, 2.75) is 13.0 Å². The summed E-state index contributed by atoms with van der Waals surface area (Å²) in [6.07, 6.45) is -0.636. The Morgan fingerprint density at radius 1 is 0.900 bits per heavy atom. The molecular formula is C22H25ClN2O5. The van der Waals surface area contributed by atoms with Crippen LogP contribution < -0.4 is 14.2 Å². The number of methoxy groups -OCH3 is 2. The second-order valence-corrected chi connectivity index (χ2v) is 7.31. The molecule has 0 bridgehead atoms. The third-order valence-corrected chi connectivity index (χ3v) is 5.25. The number of benzene rings is 2. The van der Waals surface area contributed by atoms with Crippen molar-refractivity contribution in [3.63, 3.8) is 0 Å². The molecule has 0 spiro atoms. The lowest BCUT2D eigenvalue weighted by Crippen LogP contribution is -2.53. The van der Waals surface area contributed by atoms with Crippen molar-refractivity contribution in [2.75, 3.05) is 40.4 Å². The molecule has 1 aliphatic rings. The Bertz CT molecular complexity index is 873. The first-order chi connectivity index (χ1) is 14.4. The molecule has 1 saturated heterocycles. The van der Waals surface area contributed by atoms with Gasteiger partial charge in [-0.2, -0.15) is 0 Å². The Kier molecular flexibility index (Phi) is 7.05. The molecule has 0 aromatic heterocycles. The molecule has 1 heterocycles. The van der Waals surface area contributed by atoms with Gasteiger partial charge < -0.3 is 24.0 Å². The van der Waals surface area contributed by atoms with E-state index in [9.17, 15) is 9.59 Å². The van der Waals surface area contributed by atoms with Gasteiger partial charge in [-0.15, -0.1) is 0 Å². The maximum absolute atomic E-state index is 13.1. The molecule has 2 amide bonds. The summed E-state index contributed by atoms with van der Waals surface area (Å²) in [7, 11) is 3.04. The number of carbonyl (C=O) groups is 2. The highest BCUT2D eigenvalue weighted by Crippen LogP contribution is 2.30. The van der Waals surface area contributed by atoms with E-state index in [2.05, 4.69) is 0 Å². The predicted molar refractivity (Wildman–Crippen MR) is 114 cm³/mol. The van der Waals surface area contributed by atoms with Crippen LogP contribution in [0.1, 0.15) is 17.3 Å². The largest absolute Gasteiger partial charge is 0.496 e. The third-order valence-electron chi connectivity index (χ3n) is 4.99. The van der Waals surface area contributed by atoms with E-state index in [4.69, 9.17) is 25.8 Å². The second kappa shape index (κ2) is 9.71. The number of rotatable bonds is 6. The molecule has 7 nitrogen and oxygen atoms in total. The first-order valence-electron chi connectivity index (χ1n) is 9.66. The fraction of sp³-hybridized carbons (Fsp3) is 0.364. The van der Waals surface area contributed by atoms with Gasteiger partial charge in [0.15, 0.2) is 6.10 Å². The third kappa shape index (κ3) is 4.79. The molecule has 0 saturated carbocycles. The molecule has 8 heteroatoms. The summed E-state index contributed by atoms with van der Waals surface area (Å²) in [6, 6.07) is 12.1. The lowest BCUT2D eigenvalue weighted by Gasteiger charge is -2.36. The molecule has 0 aliphatic carbocycles. The van der Waals surface area contributed by atoms with Crippen LogP contribution in [0.15, 0.2) is 42.5 Å². The average molecular weight is 433 g/mol. The maximum atomic E-state index is 13.1. The van der Waals surface area contributed by atoms with E-state index in [0.717, 1.165) is 0 Å². The number of nitrogens with zero attached hydrogens (tertiary/aromatic N) is 2. The van der Waals surface area contributed by atoms with Crippen LogP contribution in [-0.4, -0.2) is 68.1 Å². The monoisotopic (exact) mass is 432 g/mol. The number of ether oxygens (including phenoxy) is 3. The minimum absolute atomic E-state index is 0.119. The highest BCUT2D eigenvalue weighted by molar-refractivity contribution is 6.30. The minimum Gasteiger partial charge on any atom is -0.496 e. The fourth-order valence-electron chi connectivity index (χ4n) is 3.37. The summed E-state index contributed by atoms with van der Waals surface area (Å²) in [6.45, 7) is 3.40. The standard InChI is InChI=1S/C22H25ClN2O5/c1-15(30-17-9-7-16(23)8-10-17)21(26)24-11-13-25(14-12-24)22(27)20-18(28-2)5-4-6-19(20)29-3/h4-10,15H,11-14H2,1-3H3. The highest BCUT2D eigenvalue weighted by atomic mass is 35.5. The van der Waals surface area contributed by atoms with E-state index in [1.165, 1.54) is 14.2 Å². The molecular weight excluding hydrogens is 408 g/mol. The molecule has 1 unspecified atom stereocenters. The Morgan fingerprint density at radius 2 is 1.43 bits per heavy atom. The number of hydrogen-bond acceptors (Lipinski definition) is 5. The van der Waals surface area contributed by atoms with Gasteiger partial charge in [0.05, 0.1) is 14.2 Å². The van der Waals surface area contributed by atoms with Crippen molar-refractivity contribution in [1.29, 1.82) is 0 Å². The van der Waals surface area contributed by atoms with Gasteiger partial charge in [0.25, 0.3) is 11.8 Å². The topological polar surface area (TPSA) is 68.3 Å². The average Bonchev–Trinajstić information content (AvgIpc) is 2.79. The van der Waals surface area contributed by atoms with Gasteiger partial charge >= 0.3 is 0 Å². The van der Waals surface area contributed by atoms with Crippen LogP contribution in [0.4, 0.5) is 0 Å². The summed E-state index contributed by atoms with van der Waals surface area (Å²) >= 11 is 5.88. The van der Waals surface area contributed by atoms with Crippen LogP contribution in [0.5, 0.6) is 17.2 Å². The predicted octanol–water partition coefficient (Wildman–Crippen LogP) is 3.11. The molecule has 2 aromatic carbocycles. The molecule has 1 atom stereocenters. The van der Waals surface area contributed by atoms with Gasteiger partial charge in [-0.1, -0.05) is 17.7 Å². The summed E-state index contributed by atoms with van der Waals surface area (Å²) in [4.78, 5) is 29.2. The quantitative estimate of drug-likeness (QED) is 0.701. The Morgan fingerprint density at radius 3 is 1.97 bits per heavy atom. The van der Waals surface area contributed by atoms with E-state index in [-0.39, 0.29) is 11.8 Å². The number of carbonyl (C=O) groups excluding carboxylic acids is 2. The number of halogens is 1. The summed E-state index contributed by atoms with van der Waals surface area (Å²) < 4.78 is 16.4. The zero-order valence-corrected chi connectivity index (χ0v) is 18.0.